The fraction of sp³-hybridized carbons (Fsp3) is 1.00. The molecule has 0 aromatic heterocycles. The van der Waals surface area contributed by atoms with E-state index in [1.807, 2.05) is 0 Å². The van der Waals surface area contributed by atoms with Crippen molar-refractivity contribution in [3.8, 4) is 0 Å². The lowest BCUT2D eigenvalue weighted by atomic mass is 9.84. The van der Waals surface area contributed by atoms with Gasteiger partial charge in [-0.15, -0.1) is 0 Å². The van der Waals surface area contributed by atoms with Crippen molar-refractivity contribution in [3.05, 3.63) is 0 Å². The molecule has 1 N–H and O–H groups in total. The van der Waals surface area contributed by atoms with E-state index in [0.29, 0.717) is 5.25 Å². The molecule has 96 valence electrons. The second-order valence-electron chi connectivity index (χ2n) is 5.19. The van der Waals surface area contributed by atoms with Gasteiger partial charge in [0.25, 0.3) is 0 Å². The quantitative estimate of drug-likeness (QED) is 0.779. The molecular weight excluding hydrogens is 218 g/mol. The van der Waals surface area contributed by atoms with E-state index in [9.17, 15) is 4.21 Å². The average Bonchev–Trinajstić information content (AvgIpc) is 2.29. The van der Waals surface area contributed by atoms with Crippen molar-refractivity contribution in [1.29, 1.82) is 0 Å². The van der Waals surface area contributed by atoms with Crippen LogP contribution in [0.3, 0.4) is 0 Å². The minimum Gasteiger partial charge on any atom is -0.314 e. The SMILES string of the molecule is CCC1CCCC(NCCC(C)S(C)=O)C1. The minimum atomic E-state index is -0.665. The van der Waals surface area contributed by atoms with Gasteiger partial charge in [0.2, 0.25) is 0 Å². The van der Waals surface area contributed by atoms with Crippen LogP contribution in [-0.2, 0) is 10.8 Å². The van der Waals surface area contributed by atoms with Crippen molar-refractivity contribution in [3.63, 3.8) is 0 Å². The van der Waals surface area contributed by atoms with E-state index in [-0.39, 0.29) is 0 Å². The lowest BCUT2D eigenvalue weighted by Crippen LogP contribution is -2.35. The monoisotopic (exact) mass is 245 g/mol. The van der Waals surface area contributed by atoms with Gasteiger partial charge in [0, 0.05) is 28.3 Å². The van der Waals surface area contributed by atoms with Crippen LogP contribution in [-0.4, -0.2) is 28.3 Å². The van der Waals surface area contributed by atoms with Gasteiger partial charge in [-0.05, 0) is 31.7 Å². The smallest absolute Gasteiger partial charge is 0.0329 e. The van der Waals surface area contributed by atoms with E-state index in [1.165, 1.54) is 32.1 Å². The number of nitrogens with one attached hydrogen (secondary N) is 1. The maximum Gasteiger partial charge on any atom is 0.0329 e. The first-order valence-electron chi connectivity index (χ1n) is 6.69. The molecule has 0 saturated heterocycles. The first-order valence-corrected chi connectivity index (χ1v) is 8.31. The Morgan fingerprint density at radius 3 is 2.81 bits per heavy atom. The summed E-state index contributed by atoms with van der Waals surface area (Å²) in [5, 5.41) is 3.97. The third-order valence-corrected chi connectivity index (χ3v) is 5.28. The van der Waals surface area contributed by atoms with Crippen molar-refractivity contribution in [1.82, 2.24) is 5.32 Å². The summed E-state index contributed by atoms with van der Waals surface area (Å²) in [4.78, 5) is 0. The largest absolute Gasteiger partial charge is 0.314 e. The van der Waals surface area contributed by atoms with Gasteiger partial charge in [-0.1, -0.05) is 33.1 Å². The summed E-state index contributed by atoms with van der Waals surface area (Å²) in [5.41, 5.74) is 0. The van der Waals surface area contributed by atoms with Gasteiger partial charge in [0.05, 0.1) is 0 Å². The maximum absolute atomic E-state index is 11.2. The molecule has 1 aliphatic rings. The van der Waals surface area contributed by atoms with Gasteiger partial charge < -0.3 is 5.32 Å². The van der Waals surface area contributed by atoms with E-state index in [1.54, 1.807) is 6.26 Å². The average molecular weight is 245 g/mol. The van der Waals surface area contributed by atoms with E-state index in [0.717, 1.165) is 24.9 Å². The Labute approximate surface area is 103 Å². The lowest BCUT2D eigenvalue weighted by molar-refractivity contribution is 0.279. The van der Waals surface area contributed by atoms with Crippen LogP contribution in [0, 0.1) is 5.92 Å². The van der Waals surface area contributed by atoms with E-state index >= 15 is 0 Å². The topological polar surface area (TPSA) is 29.1 Å². The van der Waals surface area contributed by atoms with Crippen LogP contribution in [0.1, 0.15) is 52.4 Å². The van der Waals surface area contributed by atoms with Crippen LogP contribution in [0.2, 0.25) is 0 Å². The number of rotatable bonds is 6. The van der Waals surface area contributed by atoms with Crippen LogP contribution in [0.15, 0.2) is 0 Å². The molecule has 1 rings (SSSR count). The Bertz CT molecular complexity index is 220. The first-order chi connectivity index (χ1) is 7.63. The standard InChI is InChI=1S/C13H27NOS/c1-4-12-6-5-7-13(10-12)14-9-8-11(2)16(3)15/h11-14H,4-10H2,1-3H3. The van der Waals surface area contributed by atoms with E-state index < -0.39 is 10.8 Å². The zero-order valence-electron chi connectivity index (χ0n) is 11.0. The highest BCUT2D eigenvalue weighted by Crippen LogP contribution is 2.26. The molecule has 0 spiro atoms. The van der Waals surface area contributed by atoms with Gasteiger partial charge in [-0.25, -0.2) is 0 Å². The van der Waals surface area contributed by atoms with E-state index in [4.69, 9.17) is 0 Å². The van der Waals surface area contributed by atoms with Crippen molar-refractivity contribution in [2.75, 3.05) is 12.8 Å². The third-order valence-electron chi connectivity index (χ3n) is 3.91. The van der Waals surface area contributed by atoms with Crippen LogP contribution in [0.4, 0.5) is 0 Å². The molecular formula is C13H27NOS. The molecule has 16 heavy (non-hydrogen) atoms. The van der Waals surface area contributed by atoms with Crippen molar-refractivity contribution < 1.29 is 4.21 Å². The van der Waals surface area contributed by atoms with Crippen LogP contribution < -0.4 is 5.32 Å². The molecule has 4 atom stereocenters. The van der Waals surface area contributed by atoms with Crippen molar-refractivity contribution >= 4 is 10.8 Å². The zero-order chi connectivity index (χ0) is 12.0. The molecule has 0 aliphatic heterocycles. The normalized spacial score (nSPS) is 29.9. The molecule has 0 bridgehead atoms. The molecule has 3 heteroatoms. The fourth-order valence-corrected chi connectivity index (χ4v) is 2.95. The highest BCUT2D eigenvalue weighted by molar-refractivity contribution is 7.84. The predicted octanol–water partition coefficient (Wildman–Crippen LogP) is 2.70. The third kappa shape index (κ3) is 4.96. The summed E-state index contributed by atoms with van der Waals surface area (Å²) in [6.45, 7) is 5.41. The van der Waals surface area contributed by atoms with E-state index in [2.05, 4.69) is 19.2 Å². The van der Waals surface area contributed by atoms with Crippen LogP contribution in [0.25, 0.3) is 0 Å². The summed E-state index contributed by atoms with van der Waals surface area (Å²) in [7, 11) is -0.665. The summed E-state index contributed by atoms with van der Waals surface area (Å²) in [5.74, 6) is 0.934. The fourth-order valence-electron chi connectivity index (χ4n) is 2.50. The molecule has 0 amide bonds. The van der Waals surface area contributed by atoms with Crippen LogP contribution in [0.5, 0.6) is 0 Å². The minimum absolute atomic E-state index is 0.332. The zero-order valence-corrected chi connectivity index (χ0v) is 11.8. The molecule has 1 aliphatic carbocycles. The van der Waals surface area contributed by atoms with Crippen molar-refractivity contribution in [2.24, 2.45) is 5.92 Å². The first kappa shape index (κ1) is 14.2. The van der Waals surface area contributed by atoms with Crippen LogP contribution >= 0.6 is 0 Å². The maximum atomic E-state index is 11.2. The van der Waals surface area contributed by atoms with Crippen molar-refractivity contribution in [2.45, 2.75) is 63.7 Å². The molecule has 0 aromatic rings. The van der Waals surface area contributed by atoms with Gasteiger partial charge >= 0.3 is 0 Å². The summed E-state index contributed by atoms with van der Waals surface area (Å²) < 4.78 is 11.2. The molecule has 4 unspecified atom stereocenters. The molecule has 1 saturated carbocycles. The number of hydrogen-bond acceptors (Lipinski definition) is 2. The summed E-state index contributed by atoms with van der Waals surface area (Å²) in [6, 6.07) is 0.719. The summed E-state index contributed by atoms with van der Waals surface area (Å²) >= 11 is 0. The second kappa shape index (κ2) is 7.44. The lowest BCUT2D eigenvalue weighted by Gasteiger charge is -2.29. The second-order valence-corrected chi connectivity index (χ2v) is 6.99. The predicted molar refractivity (Wildman–Crippen MR) is 72.2 cm³/mol. The Morgan fingerprint density at radius 1 is 1.44 bits per heavy atom. The van der Waals surface area contributed by atoms with Gasteiger partial charge in [0.1, 0.15) is 0 Å². The van der Waals surface area contributed by atoms with Gasteiger partial charge in [-0.3, -0.25) is 4.21 Å². The Morgan fingerprint density at radius 2 is 2.19 bits per heavy atom. The Kier molecular flexibility index (Phi) is 6.59. The van der Waals surface area contributed by atoms with Gasteiger partial charge in [-0.2, -0.15) is 0 Å². The number of hydrogen-bond donors (Lipinski definition) is 1. The molecule has 0 heterocycles. The molecule has 0 radical (unpaired) electrons. The molecule has 1 fully saturated rings. The Hall–Kier alpha value is 0.110. The highest BCUT2D eigenvalue weighted by Gasteiger charge is 2.20. The molecule has 2 nitrogen and oxygen atoms in total. The summed E-state index contributed by atoms with van der Waals surface area (Å²) in [6.07, 6.45) is 9.65. The Balaban J connectivity index is 2.15. The molecule has 0 aromatic carbocycles. The highest BCUT2D eigenvalue weighted by atomic mass is 32.2. The van der Waals surface area contributed by atoms with Gasteiger partial charge in [0.15, 0.2) is 0 Å².